The molecular formula is C11H22N2O2. The zero-order chi connectivity index (χ0) is 11.1. The summed E-state index contributed by atoms with van der Waals surface area (Å²) in [6.45, 7) is 4.47. The molecule has 0 bridgehead atoms. The van der Waals surface area contributed by atoms with Crippen molar-refractivity contribution in [2.75, 3.05) is 19.8 Å². The number of hydrogen-bond acceptors (Lipinski definition) is 3. The van der Waals surface area contributed by atoms with Gasteiger partial charge in [-0.15, -0.1) is 0 Å². The van der Waals surface area contributed by atoms with Gasteiger partial charge in [-0.05, 0) is 25.2 Å². The van der Waals surface area contributed by atoms with Gasteiger partial charge in [0, 0.05) is 19.8 Å². The molecule has 0 aliphatic carbocycles. The highest BCUT2D eigenvalue weighted by Gasteiger charge is 2.16. The predicted octanol–water partition coefficient (Wildman–Crippen LogP) is 0.657. The molecule has 1 saturated heterocycles. The molecular weight excluding hydrogens is 192 g/mol. The number of hydrogen-bond donors (Lipinski definition) is 2. The van der Waals surface area contributed by atoms with Gasteiger partial charge in [-0.3, -0.25) is 4.79 Å². The minimum atomic E-state index is -0.338. The van der Waals surface area contributed by atoms with E-state index in [2.05, 4.69) is 5.32 Å². The normalized spacial score (nSPS) is 22.7. The molecule has 0 aromatic rings. The monoisotopic (exact) mass is 214 g/mol. The number of rotatable bonds is 6. The lowest BCUT2D eigenvalue weighted by Crippen LogP contribution is -2.41. The van der Waals surface area contributed by atoms with Crippen LogP contribution in [0, 0.1) is 5.92 Å². The van der Waals surface area contributed by atoms with Gasteiger partial charge >= 0.3 is 0 Å². The standard InChI is InChI=1S/C11H22N2O2/c1-2-3-10(12)11(14)13-6-4-9-5-7-15-8-9/h9-10H,2-8,12H2,1H3,(H,13,14)/t9?,10-/m1/s1. The van der Waals surface area contributed by atoms with Crippen LogP contribution >= 0.6 is 0 Å². The van der Waals surface area contributed by atoms with Crippen molar-refractivity contribution >= 4 is 5.91 Å². The van der Waals surface area contributed by atoms with Gasteiger partial charge in [0.15, 0.2) is 0 Å². The molecule has 1 aliphatic rings. The number of nitrogens with one attached hydrogen (secondary N) is 1. The molecule has 4 nitrogen and oxygen atoms in total. The van der Waals surface area contributed by atoms with E-state index < -0.39 is 0 Å². The van der Waals surface area contributed by atoms with Crippen LogP contribution in [0.2, 0.25) is 0 Å². The van der Waals surface area contributed by atoms with E-state index in [4.69, 9.17) is 10.5 Å². The zero-order valence-corrected chi connectivity index (χ0v) is 9.50. The van der Waals surface area contributed by atoms with Crippen molar-refractivity contribution in [3.63, 3.8) is 0 Å². The molecule has 4 heteroatoms. The van der Waals surface area contributed by atoms with Crippen LogP contribution < -0.4 is 11.1 Å². The molecule has 15 heavy (non-hydrogen) atoms. The Balaban J connectivity index is 2.05. The van der Waals surface area contributed by atoms with Gasteiger partial charge in [-0.1, -0.05) is 13.3 Å². The van der Waals surface area contributed by atoms with Crippen molar-refractivity contribution in [1.29, 1.82) is 0 Å². The van der Waals surface area contributed by atoms with Crippen LogP contribution in [-0.2, 0) is 9.53 Å². The molecule has 0 radical (unpaired) electrons. The number of ether oxygens (including phenoxy) is 1. The third-order valence-corrected chi connectivity index (χ3v) is 2.81. The van der Waals surface area contributed by atoms with Gasteiger partial charge in [0.2, 0.25) is 5.91 Å². The summed E-state index contributed by atoms with van der Waals surface area (Å²) in [6.07, 6.45) is 3.84. The summed E-state index contributed by atoms with van der Waals surface area (Å²) in [5.41, 5.74) is 5.69. The summed E-state index contributed by atoms with van der Waals surface area (Å²) in [6, 6.07) is -0.338. The van der Waals surface area contributed by atoms with Crippen molar-refractivity contribution in [3.05, 3.63) is 0 Å². The molecule has 1 aliphatic heterocycles. The number of nitrogens with two attached hydrogens (primary N) is 1. The first-order chi connectivity index (χ1) is 7.24. The van der Waals surface area contributed by atoms with Gasteiger partial charge < -0.3 is 15.8 Å². The molecule has 1 rings (SSSR count). The highest BCUT2D eigenvalue weighted by Crippen LogP contribution is 2.15. The van der Waals surface area contributed by atoms with E-state index in [1.807, 2.05) is 6.92 Å². The topological polar surface area (TPSA) is 64.4 Å². The van der Waals surface area contributed by atoms with E-state index in [0.29, 0.717) is 5.92 Å². The van der Waals surface area contributed by atoms with E-state index in [0.717, 1.165) is 45.4 Å². The quantitative estimate of drug-likeness (QED) is 0.682. The SMILES string of the molecule is CCC[C@@H](N)C(=O)NCCC1CCOC1. The van der Waals surface area contributed by atoms with Gasteiger partial charge in [0.25, 0.3) is 0 Å². The van der Waals surface area contributed by atoms with Gasteiger partial charge in [0.1, 0.15) is 0 Å². The summed E-state index contributed by atoms with van der Waals surface area (Å²) in [7, 11) is 0. The van der Waals surface area contributed by atoms with Crippen LogP contribution in [0.15, 0.2) is 0 Å². The van der Waals surface area contributed by atoms with Crippen molar-refractivity contribution in [2.45, 2.75) is 38.6 Å². The lowest BCUT2D eigenvalue weighted by molar-refractivity contribution is -0.122. The van der Waals surface area contributed by atoms with Gasteiger partial charge in [-0.25, -0.2) is 0 Å². The van der Waals surface area contributed by atoms with Crippen molar-refractivity contribution in [1.82, 2.24) is 5.32 Å². The zero-order valence-electron chi connectivity index (χ0n) is 9.50. The first kappa shape index (κ1) is 12.5. The number of carbonyl (C=O) groups excluding carboxylic acids is 1. The Kier molecular flexibility index (Phi) is 5.65. The molecule has 1 amide bonds. The molecule has 1 unspecified atom stereocenters. The summed E-state index contributed by atoms with van der Waals surface area (Å²) >= 11 is 0. The van der Waals surface area contributed by atoms with Crippen LogP contribution in [0.5, 0.6) is 0 Å². The van der Waals surface area contributed by atoms with E-state index in [1.54, 1.807) is 0 Å². The Morgan fingerprint density at radius 2 is 2.47 bits per heavy atom. The largest absolute Gasteiger partial charge is 0.381 e. The molecule has 0 spiro atoms. The molecule has 0 aromatic carbocycles. The molecule has 88 valence electrons. The minimum Gasteiger partial charge on any atom is -0.381 e. The summed E-state index contributed by atoms with van der Waals surface area (Å²) in [5, 5.41) is 2.87. The van der Waals surface area contributed by atoms with E-state index in [1.165, 1.54) is 0 Å². The fraction of sp³-hybridized carbons (Fsp3) is 0.909. The van der Waals surface area contributed by atoms with E-state index >= 15 is 0 Å². The highest BCUT2D eigenvalue weighted by atomic mass is 16.5. The lowest BCUT2D eigenvalue weighted by Gasteiger charge is -2.12. The van der Waals surface area contributed by atoms with E-state index in [9.17, 15) is 4.79 Å². The molecule has 1 fully saturated rings. The summed E-state index contributed by atoms with van der Waals surface area (Å²) in [5.74, 6) is 0.600. The fourth-order valence-electron chi connectivity index (χ4n) is 1.78. The second-order valence-electron chi connectivity index (χ2n) is 4.20. The lowest BCUT2D eigenvalue weighted by atomic mass is 10.1. The Bertz CT molecular complexity index is 191. The first-order valence-electron chi connectivity index (χ1n) is 5.85. The molecule has 1 heterocycles. The highest BCUT2D eigenvalue weighted by molar-refractivity contribution is 5.81. The molecule has 3 N–H and O–H groups in total. The average Bonchev–Trinajstić information content (AvgIpc) is 2.71. The van der Waals surface area contributed by atoms with Crippen LogP contribution in [0.3, 0.4) is 0 Å². The third kappa shape index (κ3) is 4.62. The van der Waals surface area contributed by atoms with Crippen molar-refractivity contribution < 1.29 is 9.53 Å². The van der Waals surface area contributed by atoms with Crippen molar-refractivity contribution in [2.24, 2.45) is 11.7 Å². The summed E-state index contributed by atoms with van der Waals surface area (Å²) in [4.78, 5) is 11.4. The van der Waals surface area contributed by atoms with Gasteiger partial charge in [0.05, 0.1) is 6.04 Å². The molecule has 0 aromatic heterocycles. The molecule has 0 saturated carbocycles. The van der Waals surface area contributed by atoms with Crippen LogP contribution in [-0.4, -0.2) is 31.7 Å². The first-order valence-corrected chi connectivity index (χ1v) is 5.85. The fourth-order valence-corrected chi connectivity index (χ4v) is 1.78. The average molecular weight is 214 g/mol. The Morgan fingerprint density at radius 1 is 1.67 bits per heavy atom. The Labute approximate surface area is 91.5 Å². The maximum absolute atomic E-state index is 11.4. The maximum Gasteiger partial charge on any atom is 0.236 e. The number of carbonyl (C=O) groups is 1. The second kappa shape index (κ2) is 6.80. The minimum absolute atomic E-state index is 0.0178. The number of amides is 1. The second-order valence-corrected chi connectivity index (χ2v) is 4.20. The Morgan fingerprint density at radius 3 is 3.07 bits per heavy atom. The van der Waals surface area contributed by atoms with Crippen molar-refractivity contribution in [3.8, 4) is 0 Å². The van der Waals surface area contributed by atoms with Crippen LogP contribution in [0.4, 0.5) is 0 Å². The van der Waals surface area contributed by atoms with Crippen LogP contribution in [0.1, 0.15) is 32.6 Å². The Hall–Kier alpha value is -0.610. The summed E-state index contributed by atoms with van der Waals surface area (Å²) < 4.78 is 5.26. The maximum atomic E-state index is 11.4. The van der Waals surface area contributed by atoms with Crippen LogP contribution in [0.25, 0.3) is 0 Å². The third-order valence-electron chi connectivity index (χ3n) is 2.81. The predicted molar refractivity (Wildman–Crippen MR) is 59.4 cm³/mol. The smallest absolute Gasteiger partial charge is 0.236 e. The molecule has 2 atom stereocenters. The van der Waals surface area contributed by atoms with E-state index in [-0.39, 0.29) is 11.9 Å². The van der Waals surface area contributed by atoms with Gasteiger partial charge in [-0.2, -0.15) is 0 Å².